The summed E-state index contributed by atoms with van der Waals surface area (Å²) in [6.07, 6.45) is 0.935. The molecule has 0 amide bonds. The largest absolute Gasteiger partial charge is 0.480 e. The molecule has 0 bridgehead atoms. The lowest BCUT2D eigenvalue weighted by atomic mass is 10.2. The van der Waals surface area contributed by atoms with E-state index in [-0.39, 0.29) is 13.1 Å². The monoisotopic (exact) mass is 358 g/mol. The molecule has 2 N–H and O–H groups in total. The molecular weight excluding hydrogens is 324 g/mol. The number of aliphatic carboxylic acids is 2. The van der Waals surface area contributed by atoms with Crippen LogP contribution in [0.25, 0.3) is 0 Å². The van der Waals surface area contributed by atoms with Gasteiger partial charge in [0, 0.05) is 45.8 Å². The minimum atomic E-state index is -0.788. The van der Waals surface area contributed by atoms with Crippen LogP contribution >= 0.6 is 0 Å². The topological polar surface area (TPSA) is 87.6 Å². The fourth-order valence-corrected chi connectivity index (χ4v) is 3.13. The van der Waals surface area contributed by atoms with E-state index < -0.39 is 11.9 Å². The molecule has 0 saturated carbocycles. The van der Waals surface area contributed by atoms with Crippen LogP contribution in [0, 0.1) is 0 Å². The van der Waals surface area contributed by atoms with E-state index in [4.69, 9.17) is 10.2 Å². The molecule has 0 radical (unpaired) electrons. The summed E-state index contributed by atoms with van der Waals surface area (Å²) in [5, 5.41) is 18.0. The number of hydrogen-bond donors (Lipinski definition) is 2. The SMILES string of the molecule is CCN1CCN(CCN(CC)CC(=O)O)CCCN(CC(=O)O)CC1. The Labute approximate surface area is 151 Å². The first-order valence-electron chi connectivity index (χ1n) is 9.27. The molecule has 0 spiro atoms. The Kier molecular flexibility index (Phi) is 10.6. The highest BCUT2D eigenvalue weighted by molar-refractivity contribution is 5.69. The smallest absolute Gasteiger partial charge is 0.317 e. The van der Waals surface area contributed by atoms with Gasteiger partial charge in [0.1, 0.15) is 0 Å². The molecule has 0 atom stereocenters. The van der Waals surface area contributed by atoms with Gasteiger partial charge in [0.2, 0.25) is 0 Å². The summed E-state index contributed by atoms with van der Waals surface area (Å²) < 4.78 is 0. The van der Waals surface area contributed by atoms with Crippen molar-refractivity contribution in [1.82, 2.24) is 19.6 Å². The van der Waals surface area contributed by atoms with E-state index in [2.05, 4.69) is 16.7 Å². The number of nitrogens with zero attached hydrogens (tertiary/aromatic N) is 4. The van der Waals surface area contributed by atoms with Crippen LogP contribution < -0.4 is 0 Å². The normalized spacial score (nSPS) is 19.2. The van der Waals surface area contributed by atoms with Crippen molar-refractivity contribution in [3.63, 3.8) is 0 Å². The number of carboxylic acids is 2. The lowest BCUT2D eigenvalue weighted by Crippen LogP contribution is -2.45. The third-order valence-electron chi connectivity index (χ3n) is 4.76. The van der Waals surface area contributed by atoms with E-state index >= 15 is 0 Å². The van der Waals surface area contributed by atoms with E-state index in [0.29, 0.717) is 0 Å². The highest BCUT2D eigenvalue weighted by Crippen LogP contribution is 2.02. The molecule has 146 valence electrons. The quantitative estimate of drug-likeness (QED) is 0.586. The van der Waals surface area contributed by atoms with Crippen molar-refractivity contribution < 1.29 is 19.8 Å². The first-order chi connectivity index (χ1) is 11.9. The van der Waals surface area contributed by atoms with Gasteiger partial charge in [-0.05, 0) is 26.1 Å². The first kappa shape index (κ1) is 21.8. The van der Waals surface area contributed by atoms with E-state index in [0.717, 1.165) is 71.9 Å². The van der Waals surface area contributed by atoms with Gasteiger partial charge < -0.3 is 20.0 Å². The summed E-state index contributed by atoms with van der Waals surface area (Å²) >= 11 is 0. The highest BCUT2D eigenvalue weighted by Gasteiger charge is 2.16. The molecule has 0 aromatic rings. The number of hydrogen-bond acceptors (Lipinski definition) is 6. The predicted octanol–water partition coefficient (Wildman–Crippen LogP) is -0.193. The van der Waals surface area contributed by atoms with Crippen LogP contribution in [0.5, 0.6) is 0 Å². The lowest BCUT2D eigenvalue weighted by Gasteiger charge is -2.32. The average molecular weight is 358 g/mol. The molecule has 8 nitrogen and oxygen atoms in total. The van der Waals surface area contributed by atoms with Crippen LogP contribution in [0.4, 0.5) is 0 Å². The Balaban J connectivity index is 2.55. The molecule has 0 aromatic carbocycles. The zero-order valence-corrected chi connectivity index (χ0v) is 15.7. The highest BCUT2D eigenvalue weighted by atomic mass is 16.4. The number of rotatable bonds is 9. The molecule has 1 heterocycles. The maximum Gasteiger partial charge on any atom is 0.317 e. The maximum absolute atomic E-state index is 11.0. The molecule has 25 heavy (non-hydrogen) atoms. The molecule has 8 heteroatoms. The number of likely N-dealkylation sites (N-methyl/N-ethyl adjacent to an activating group) is 2. The van der Waals surface area contributed by atoms with E-state index in [1.54, 1.807) is 0 Å². The second kappa shape index (κ2) is 12.2. The summed E-state index contributed by atoms with van der Waals surface area (Å²) in [6.45, 7) is 12.9. The summed E-state index contributed by atoms with van der Waals surface area (Å²) in [6, 6.07) is 0. The van der Waals surface area contributed by atoms with Crippen LogP contribution in [0.3, 0.4) is 0 Å². The van der Waals surface area contributed by atoms with Crippen molar-refractivity contribution in [1.29, 1.82) is 0 Å². The zero-order chi connectivity index (χ0) is 18.7. The molecule has 1 aliphatic rings. The fraction of sp³-hybridized carbons (Fsp3) is 0.882. The molecule has 0 aromatic heterocycles. The summed E-state index contributed by atoms with van der Waals surface area (Å²) in [5.41, 5.74) is 0. The third kappa shape index (κ3) is 9.74. The second-order valence-electron chi connectivity index (χ2n) is 6.56. The van der Waals surface area contributed by atoms with Gasteiger partial charge >= 0.3 is 11.9 Å². The van der Waals surface area contributed by atoms with Crippen LogP contribution in [0.1, 0.15) is 20.3 Å². The van der Waals surface area contributed by atoms with Crippen LogP contribution in [-0.2, 0) is 9.59 Å². The Morgan fingerprint density at radius 1 is 0.880 bits per heavy atom. The Morgan fingerprint density at radius 3 is 2.04 bits per heavy atom. The van der Waals surface area contributed by atoms with Gasteiger partial charge in [-0.2, -0.15) is 0 Å². The van der Waals surface area contributed by atoms with Gasteiger partial charge in [-0.1, -0.05) is 13.8 Å². The zero-order valence-electron chi connectivity index (χ0n) is 15.7. The van der Waals surface area contributed by atoms with Crippen molar-refractivity contribution >= 4 is 11.9 Å². The van der Waals surface area contributed by atoms with Crippen molar-refractivity contribution in [3.05, 3.63) is 0 Å². The van der Waals surface area contributed by atoms with Crippen molar-refractivity contribution in [2.45, 2.75) is 20.3 Å². The van der Waals surface area contributed by atoms with Gasteiger partial charge in [0.25, 0.3) is 0 Å². The standard InChI is InChI=1S/C17H34N4O4/c1-3-18-8-11-20(12-10-19(4-2)14-16(22)23)6-5-7-21(13-9-18)15-17(24)25/h3-15H2,1-2H3,(H,22,23)(H,24,25). The fourth-order valence-electron chi connectivity index (χ4n) is 3.13. The Morgan fingerprint density at radius 2 is 1.48 bits per heavy atom. The van der Waals surface area contributed by atoms with Crippen molar-refractivity contribution in [2.24, 2.45) is 0 Å². The summed E-state index contributed by atoms with van der Waals surface area (Å²) in [5.74, 6) is -1.56. The summed E-state index contributed by atoms with van der Waals surface area (Å²) in [4.78, 5) is 30.6. The second-order valence-corrected chi connectivity index (χ2v) is 6.56. The molecule has 1 fully saturated rings. The molecule has 1 rings (SSSR count). The average Bonchev–Trinajstić information content (AvgIpc) is 2.56. The van der Waals surface area contributed by atoms with Crippen molar-refractivity contribution in [3.8, 4) is 0 Å². The van der Waals surface area contributed by atoms with Crippen molar-refractivity contribution in [2.75, 3.05) is 78.5 Å². The van der Waals surface area contributed by atoms with Crippen LogP contribution in [0.15, 0.2) is 0 Å². The van der Waals surface area contributed by atoms with Gasteiger partial charge in [-0.3, -0.25) is 19.4 Å². The van der Waals surface area contributed by atoms with E-state index in [1.165, 1.54) is 0 Å². The van der Waals surface area contributed by atoms with Gasteiger partial charge in [0.15, 0.2) is 0 Å². The lowest BCUT2D eigenvalue weighted by molar-refractivity contribution is -0.139. The molecule has 0 unspecified atom stereocenters. The minimum Gasteiger partial charge on any atom is -0.480 e. The van der Waals surface area contributed by atoms with E-state index in [9.17, 15) is 9.59 Å². The predicted molar refractivity (Wildman–Crippen MR) is 97.0 cm³/mol. The van der Waals surface area contributed by atoms with E-state index in [1.807, 2.05) is 16.7 Å². The number of carboxylic acid groups (broad SMARTS) is 2. The molecular formula is C17H34N4O4. The Hall–Kier alpha value is -1.22. The Bertz CT molecular complexity index is 408. The molecule has 0 aliphatic carbocycles. The van der Waals surface area contributed by atoms with Gasteiger partial charge in [-0.15, -0.1) is 0 Å². The van der Waals surface area contributed by atoms with Crippen LogP contribution in [0.2, 0.25) is 0 Å². The molecule has 1 aliphatic heterocycles. The summed E-state index contributed by atoms with van der Waals surface area (Å²) in [7, 11) is 0. The molecule has 1 saturated heterocycles. The first-order valence-corrected chi connectivity index (χ1v) is 9.27. The maximum atomic E-state index is 11.0. The van der Waals surface area contributed by atoms with Gasteiger partial charge in [0.05, 0.1) is 13.1 Å². The number of carbonyl (C=O) groups is 2. The minimum absolute atomic E-state index is 0.0812. The van der Waals surface area contributed by atoms with Gasteiger partial charge in [-0.25, -0.2) is 0 Å². The third-order valence-corrected chi connectivity index (χ3v) is 4.76. The van der Waals surface area contributed by atoms with Crippen LogP contribution in [-0.4, -0.2) is 120 Å².